The zero-order valence-corrected chi connectivity index (χ0v) is 11.6. The minimum atomic E-state index is -0.377. The lowest BCUT2D eigenvalue weighted by atomic mass is 9.94. The summed E-state index contributed by atoms with van der Waals surface area (Å²) in [6.45, 7) is 2.57. The van der Waals surface area contributed by atoms with Gasteiger partial charge in [-0.15, -0.1) is 6.42 Å². The van der Waals surface area contributed by atoms with Crippen molar-refractivity contribution in [1.82, 2.24) is 0 Å². The Hall–Kier alpha value is -2.02. The van der Waals surface area contributed by atoms with Gasteiger partial charge in [0, 0.05) is 18.3 Å². The number of terminal acetylenes is 1. The number of anilines is 1. The Kier molecular flexibility index (Phi) is 4.62. The quantitative estimate of drug-likeness (QED) is 0.470. The van der Waals surface area contributed by atoms with Crippen LogP contribution in [-0.2, 0) is 4.79 Å². The van der Waals surface area contributed by atoms with E-state index in [2.05, 4.69) is 5.92 Å². The molecule has 1 aromatic rings. The van der Waals surface area contributed by atoms with Gasteiger partial charge in [0.15, 0.2) is 0 Å². The topological polar surface area (TPSA) is 29.5 Å². The highest BCUT2D eigenvalue weighted by Gasteiger charge is 2.24. The maximum Gasteiger partial charge on any atom is 0.311 e. The van der Waals surface area contributed by atoms with Gasteiger partial charge in [0.1, 0.15) is 5.75 Å². The second kappa shape index (κ2) is 6.42. The van der Waals surface area contributed by atoms with E-state index in [-0.39, 0.29) is 18.6 Å². The highest BCUT2D eigenvalue weighted by molar-refractivity contribution is 5.77. The van der Waals surface area contributed by atoms with Gasteiger partial charge >= 0.3 is 5.97 Å². The van der Waals surface area contributed by atoms with Gasteiger partial charge in [0.25, 0.3) is 0 Å². The van der Waals surface area contributed by atoms with Gasteiger partial charge in [-0.25, -0.2) is 0 Å². The first-order valence-corrected chi connectivity index (χ1v) is 6.74. The van der Waals surface area contributed by atoms with Gasteiger partial charge in [-0.3, -0.25) is 9.18 Å². The molecule has 4 heteroatoms. The Balaban J connectivity index is 2.26. The average molecular weight is 275 g/mol. The van der Waals surface area contributed by atoms with E-state index in [1.54, 1.807) is 0 Å². The van der Waals surface area contributed by atoms with Crippen LogP contribution >= 0.6 is 0 Å². The summed E-state index contributed by atoms with van der Waals surface area (Å²) in [6.07, 6.45) is 6.18. The first kappa shape index (κ1) is 14.4. The fraction of sp³-hybridized carbons (Fsp3) is 0.438. The third-order valence-corrected chi connectivity index (χ3v) is 3.43. The molecular formula is C16H18FNO2. The fourth-order valence-corrected chi connectivity index (χ4v) is 2.40. The summed E-state index contributed by atoms with van der Waals surface area (Å²) in [5.41, 5.74) is 1.89. The van der Waals surface area contributed by atoms with E-state index in [0.29, 0.717) is 31.7 Å². The lowest BCUT2D eigenvalue weighted by Gasteiger charge is -2.26. The minimum Gasteiger partial charge on any atom is -0.426 e. The fourth-order valence-electron chi connectivity index (χ4n) is 2.40. The van der Waals surface area contributed by atoms with E-state index >= 15 is 0 Å². The number of halogens is 1. The van der Waals surface area contributed by atoms with Crippen molar-refractivity contribution in [3.8, 4) is 18.1 Å². The lowest BCUT2D eigenvalue weighted by Crippen LogP contribution is -2.26. The van der Waals surface area contributed by atoms with Crippen LogP contribution in [0.25, 0.3) is 0 Å². The zero-order valence-electron chi connectivity index (χ0n) is 11.6. The standard InChI is InChI=1S/C16H18FNO2/c1-3-8-18(9-4-7-17)13-5-6-14-12(2)10-16(19)20-15(14)11-13/h1,5-6,11-12H,4,7-10H2,2H3. The summed E-state index contributed by atoms with van der Waals surface area (Å²) in [5, 5.41) is 0. The largest absolute Gasteiger partial charge is 0.426 e. The van der Waals surface area contributed by atoms with Gasteiger partial charge in [-0.2, -0.15) is 0 Å². The van der Waals surface area contributed by atoms with Gasteiger partial charge in [-0.1, -0.05) is 18.9 Å². The van der Waals surface area contributed by atoms with E-state index in [0.717, 1.165) is 11.3 Å². The predicted molar refractivity (Wildman–Crippen MR) is 76.7 cm³/mol. The number of hydrogen-bond acceptors (Lipinski definition) is 3. The summed E-state index contributed by atoms with van der Waals surface area (Å²) in [6, 6.07) is 5.73. The van der Waals surface area contributed by atoms with Gasteiger partial charge in [-0.05, 0) is 24.0 Å². The number of hydrogen-bond donors (Lipinski definition) is 0. The molecule has 0 saturated carbocycles. The smallest absolute Gasteiger partial charge is 0.311 e. The number of alkyl halides is 1. The Morgan fingerprint density at radius 2 is 2.35 bits per heavy atom. The second-order valence-corrected chi connectivity index (χ2v) is 4.97. The molecule has 1 unspecified atom stereocenters. The van der Waals surface area contributed by atoms with E-state index in [1.807, 2.05) is 30.0 Å². The van der Waals surface area contributed by atoms with Crippen molar-refractivity contribution in [2.45, 2.75) is 25.7 Å². The number of carbonyl (C=O) groups excluding carboxylic acids is 1. The summed E-state index contributed by atoms with van der Waals surface area (Å²) >= 11 is 0. The van der Waals surface area contributed by atoms with Crippen LogP contribution in [0.1, 0.15) is 31.2 Å². The summed E-state index contributed by atoms with van der Waals surface area (Å²) in [4.78, 5) is 13.4. The van der Waals surface area contributed by atoms with Crippen LogP contribution in [0.15, 0.2) is 18.2 Å². The van der Waals surface area contributed by atoms with Crippen LogP contribution in [0.5, 0.6) is 5.75 Å². The molecule has 0 fully saturated rings. The van der Waals surface area contributed by atoms with Gasteiger partial charge in [0.2, 0.25) is 0 Å². The molecule has 0 spiro atoms. The van der Waals surface area contributed by atoms with Crippen LogP contribution < -0.4 is 9.64 Å². The van der Waals surface area contributed by atoms with Crippen molar-refractivity contribution in [2.24, 2.45) is 0 Å². The van der Waals surface area contributed by atoms with E-state index in [4.69, 9.17) is 11.2 Å². The highest BCUT2D eigenvalue weighted by atomic mass is 19.1. The molecular weight excluding hydrogens is 257 g/mol. The van der Waals surface area contributed by atoms with Crippen molar-refractivity contribution < 1.29 is 13.9 Å². The van der Waals surface area contributed by atoms with Crippen molar-refractivity contribution in [3.63, 3.8) is 0 Å². The Morgan fingerprint density at radius 3 is 3.05 bits per heavy atom. The summed E-state index contributed by atoms with van der Waals surface area (Å²) < 4.78 is 17.6. The van der Waals surface area contributed by atoms with Crippen molar-refractivity contribution in [3.05, 3.63) is 23.8 Å². The Bertz CT molecular complexity index is 536. The third kappa shape index (κ3) is 3.11. The molecule has 0 radical (unpaired) electrons. The maximum atomic E-state index is 12.3. The van der Waals surface area contributed by atoms with Crippen LogP contribution in [0.2, 0.25) is 0 Å². The van der Waals surface area contributed by atoms with Crippen LogP contribution in [0, 0.1) is 12.3 Å². The zero-order chi connectivity index (χ0) is 14.5. The SMILES string of the molecule is C#CCN(CCCF)c1ccc2c(c1)OC(=O)CC2C. The first-order chi connectivity index (χ1) is 9.65. The van der Waals surface area contributed by atoms with Crippen molar-refractivity contribution in [2.75, 3.05) is 24.7 Å². The molecule has 3 nitrogen and oxygen atoms in total. The molecule has 0 amide bonds. The molecule has 0 aliphatic carbocycles. The van der Waals surface area contributed by atoms with Gasteiger partial charge < -0.3 is 9.64 Å². The highest BCUT2D eigenvalue weighted by Crippen LogP contribution is 2.36. The summed E-state index contributed by atoms with van der Waals surface area (Å²) in [5.74, 6) is 3.11. The predicted octanol–water partition coefficient (Wildman–Crippen LogP) is 2.90. The monoisotopic (exact) mass is 275 g/mol. The number of fused-ring (bicyclic) bond motifs is 1. The number of ether oxygens (including phenoxy) is 1. The molecule has 0 N–H and O–H groups in total. The molecule has 2 rings (SSSR count). The summed E-state index contributed by atoms with van der Waals surface area (Å²) in [7, 11) is 0. The van der Waals surface area contributed by atoms with Crippen molar-refractivity contribution >= 4 is 11.7 Å². The van der Waals surface area contributed by atoms with Crippen LogP contribution in [0.4, 0.5) is 10.1 Å². The second-order valence-electron chi connectivity index (χ2n) is 4.97. The van der Waals surface area contributed by atoms with E-state index in [9.17, 15) is 9.18 Å². The number of nitrogens with zero attached hydrogens (tertiary/aromatic N) is 1. The number of carbonyl (C=O) groups is 1. The van der Waals surface area contributed by atoms with E-state index < -0.39 is 0 Å². The Morgan fingerprint density at radius 1 is 1.55 bits per heavy atom. The van der Waals surface area contributed by atoms with Crippen LogP contribution in [-0.4, -0.2) is 25.7 Å². The van der Waals surface area contributed by atoms with Crippen LogP contribution in [0.3, 0.4) is 0 Å². The molecule has 0 bridgehead atoms. The molecule has 0 aromatic heterocycles. The number of esters is 1. The van der Waals surface area contributed by atoms with Gasteiger partial charge in [0.05, 0.1) is 19.6 Å². The first-order valence-electron chi connectivity index (χ1n) is 6.74. The third-order valence-electron chi connectivity index (χ3n) is 3.43. The number of benzene rings is 1. The van der Waals surface area contributed by atoms with E-state index in [1.165, 1.54) is 0 Å². The molecule has 0 saturated heterocycles. The van der Waals surface area contributed by atoms with Crippen molar-refractivity contribution in [1.29, 1.82) is 0 Å². The number of rotatable bonds is 5. The minimum absolute atomic E-state index is 0.159. The maximum absolute atomic E-state index is 12.3. The molecule has 1 aliphatic heterocycles. The molecule has 20 heavy (non-hydrogen) atoms. The molecule has 106 valence electrons. The lowest BCUT2D eigenvalue weighted by molar-refractivity contribution is -0.135. The molecule has 1 aliphatic rings. The molecule has 1 aromatic carbocycles. The molecule has 1 atom stereocenters. The Labute approximate surface area is 118 Å². The molecule has 1 heterocycles. The normalized spacial score (nSPS) is 17.1. The average Bonchev–Trinajstić information content (AvgIpc) is 2.42.